The number of hydrazone groups is 1. The van der Waals surface area contributed by atoms with Gasteiger partial charge in [0.25, 0.3) is 15.7 Å². The van der Waals surface area contributed by atoms with E-state index in [4.69, 9.17) is 4.74 Å². The number of para-hydroxylation sites is 2. The monoisotopic (exact) mass is 462 g/mol. The molecule has 0 bridgehead atoms. The standard InChI is InChI=1S/C20H16F2N4O5S/c1-31-20-5-3-2-4-18(20)25-32(29,30)15-8-9-17(19(11-15)26(27)28)24-23-12-13-6-7-14(21)10-16(13)22/h2-12,24-25H,1H3. The fraction of sp³-hybridized carbons (Fsp3) is 0.0500. The molecule has 0 aromatic heterocycles. The molecule has 0 saturated carbocycles. The average molecular weight is 462 g/mol. The molecule has 0 atom stereocenters. The maximum Gasteiger partial charge on any atom is 0.295 e. The predicted molar refractivity (Wildman–Crippen MR) is 114 cm³/mol. The van der Waals surface area contributed by atoms with Gasteiger partial charge in [-0.25, -0.2) is 17.2 Å². The van der Waals surface area contributed by atoms with E-state index in [9.17, 15) is 27.3 Å². The minimum absolute atomic E-state index is 0.0539. The van der Waals surface area contributed by atoms with Gasteiger partial charge in [-0.1, -0.05) is 12.1 Å². The largest absolute Gasteiger partial charge is 0.495 e. The van der Waals surface area contributed by atoms with E-state index in [1.54, 1.807) is 18.2 Å². The normalized spacial score (nSPS) is 11.3. The third kappa shape index (κ3) is 5.16. The van der Waals surface area contributed by atoms with Gasteiger partial charge in [0, 0.05) is 17.7 Å². The molecule has 3 rings (SSSR count). The van der Waals surface area contributed by atoms with Crippen molar-refractivity contribution >= 4 is 33.3 Å². The topological polar surface area (TPSA) is 123 Å². The Morgan fingerprint density at radius 2 is 1.81 bits per heavy atom. The zero-order valence-electron chi connectivity index (χ0n) is 16.5. The van der Waals surface area contributed by atoms with E-state index < -0.39 is 32.3 Å². The summed E-state index contributed by atoms with van der Waals surface area (Å²) < 4.78 is 59.4. The van der Waals surface area contributed by atoms with Crippen LogP contribution in [0.25, 0.3) is 0 Å². The van der Waals surface area contributed by atoms with Gasteiger partial charge in [0.2, 0.25) is 0 Å². The van der Waals surface area contributed by atoms with Crippen LogP contribution in [-0.2, 0) is 10.0 Å². The van der Waals surface area contributed by atoms with Crippen molar-refractivity contribution in [2.45, 2.75) is 4.90 Å². The number of nitro benzene ring substituents is 1. The molecule has 0 fully saturated rings. The van der Waals surface area contributed by atoms with Crippen LogP contribution >= 0.6 is 0 Å². The average Bonchev–Trinajstić information content (AvgIpc) is 2.75. The Labute approximate surface area is 181 Å². The molecular formula is C20H16F2N4O5S. The summed E-state index contributed by atoms with van der Waals surface area (Å²) in [5.41, 5.74) is 1.75. The zero-order valence-corrected chi connectivity index (χ0v) is 17.3. The van der Waals surface area contributed by atoms with E-state index >= 15 is 0 Å². The van der Waals surface area contributed by atoms with E-state index in [1.165, 1.54) is 13.2 Å². The van der Waals surface area contributed by atoms with Crippen LogP contribution in [-0.4, -0.2) is 26.7 Å². The van der Waals surface area contributed by atoms with Crippen molar-refractivity contribution in [2.75, 3.05) is 17.3 Å². The summed E-state index contributed by atoms with van der Waals surface area (Å²) >= 11 is 0. The van der Waals surface area contributed by atoms with Gasteiger partial charge >= 0.3 is 0 Å². The Hall–Kier alpha value is -4.06. The lowest BCUT2D eigenvalue weighted by Gasteiger charge is -2.12. The summed E-state index contributed by atoms with van der Waals surface area (Å²) in [5, 5.41) is 15.2. The molecule has 3 aromatic carbocycles. The molecule has 166 valence electrons. The first kappa shape index (κ1) is 22.6. The summed E-state index contributed by atoms with van der Waals surface area (Å²) in [4.78, 5) is 10.3. The van der Waals surface area contributed by atoms with Crippen molar-refractivity contribution in [3.8, 4) is 5.75 Å². The van der Waals surface area contributed by atoms with Crippen molar-refractivity contribution in [3.05, 3.63) is 88.0 Å². The van der Waals surface area contributed by atoms with E-state index in [1.807, 2.05) is 0 Å². The minimum atomic E-state index is -4.18. The first-order chi connectivity index (χ1) is 15.2. The Morgan fingerprint density at radius 3 is 2.50 bits per heavy atom. The number of nitrogens with zero attached hydrogens (tertiary/aromatic N) is 2. The number of anilines is 2. The number of ether oxygens (including phenoxy) is 1. The van der Waals surface area contributed by atoms with Crippen LogP contribution in [0.4, 0.5) is 25.8 Å². The number of nitro groups is 1. The fourth-order valence-electron chi connectivity index (χ4n) is 2.63. The lowest BCUT2D eigenvalue weighted by molar-refractivity contribution is -0.384. The highest BCUT2D eigenvalue weighted by atomic mass is 32.2. The molecule has 12 heteroatoms. The quantitative estimate of drug-likeness (QED) is 0.295. The van der Waals surface area contributed by atoms with Crippen LogP contribution in [0.1, 0.15) is 5.56 Å². The summed E-state index contributed by atoms with van der Waals surface area (Å²) in [6.45, 7) is 0. The first-order valence-electron chi connectivity index (χ1n) is 8.89. The van der Waals surface area contributed by atoms with E-state index in [0.29, 0.717) is 6.07 Å². The van der Waals surface area contributed by atoms with Gasteiger partial charge in [0.1, 0.15) is 23.1 Å². The molecule has 0 aliphatic rings. The number of hydrogen-bond donors (Lipinski definition) is 2. The van der Waals surface area contributed by atoms with Crippen LogP contribution in [0.3, 0.4) is 0 Å². The van der Waals surface area contributed by atoms with Crippen molar-refractivity contribution in [2.24, 2.45) is 5.10 Å². The molecule has 32 heavy (non-hydrogen) atoms. The highest BCUT2D eigenvalue weighted by Crippen LogP contribution is 2.30. The van der Waals surface area contributed by atoms with Gasteiger partial charge in [-0.2, -0.15) is 5.10 Å². The van der Waals surface area contributed by atoms with Crippen LogP contribution in [0.2, 0.25) is 0 Å². The molecule has 0 amide bonds. The first-order valence-corrected chi connectivity index (χ1v) is 10.4. The number of hydrogen-bond acceptors (Lipinski definition) is 7. The second-order valence-electron chi connectivity index (χ2n) is 6.28. The van der Waals surface area contributed by atoms with Gasteiger partial charge in [0.05, 0.1) is 28.8 Å². The van der Waals surface area contributed by atoms with E-state index in [2.05, 4.69) is 15.2 Å². The van der Waals surface area contributed by atoms with Gasteiger partial charge in [-0.15, -0.1) is 0 Å². The molecule has 0 heterocycles. The van der Waals surface area contributed by atoms with Gasteiger partial charge in [-0.3, -0.25) is 20.3 Å². The van der Waals surface area contributed by atoms with Crippen molar-refractivity contribution in [1.82, 2.24) is 0 Å². The highest BCUT2D eigenvalue weighted by Gasteiger charge is 2.22. The smallest absolute Gasteiger partial charge is 0.295 e. The number of methoxy groups -OCH3 is 1. The van der Waals surface area contributed by atoms with E-state index in [-0.39, 0.29) is 27.6 Å². The lowest BCUT2D eigenvalue weighted by Crippen LogP contribution is -2.14. The molecule has 0 aliphatic carbocycles. The van der Waals surface area contributed by atoms with Crippen LogP contribution in [0, 0.1) is 21.7 Å². The molecule has 0 aliphatic heterocycles. The maximum absolute atomic E-state index is 13.7. The molecule has 0 spiro atoms. The minimum Gasteiger partial charge on any atom is -0.495 e. The zero-order chi connectivity index (χ0) is 23.3. The van der Waals surface area contributed by atoms with Crippen molar-refractivity contribution in [1.29, 1.82) is 0 Å². The third-order valence-electron chi connectivity index (χ3n) is 4.18. The Bertz CT molecular complexity index is 1300. The molecule has 0 unspecified atom stereocenters. The summed E-state index contributed by atoms with van der Waals surface area (Å²) in [6, 6.07) is 12.3. The second kappa shape index (κ2) is 9.39. The Morgan fingerprint density at radius 1 is 1.06 bits per heavy atom. The van der Waals surface area contributed by atoms with Crippen LogP contribution in [0.5, 0.6) is 5.75 Å². The van der Waals surface area contributed by atoms with Gasteiger partial charge in [-0.05, 0) is 36.4 Å². The molecule has 2 N–H and O–H groups in total. The van der Waals surface area contributed by atoms with Crippen LogP contribution < -0.4 is 14.9 Å². The third-order valence-corrected chi connectivity index (χ3v) is 5.54. The lowest BCUT2D eigenvalue weighted by atomic mass is 10.2. The number of rotatable bonds is 8. The highest BCUT2D eigenvalue weighted by molar-refractivity contribution is 7.92. The van der Waals surface area contributed by atoms with Crippen molar-refractivity contribution in [3.63, 3.8) is 0 Å². The molecule has 0 radical (unpaired) electrons. The Balaban J connectivity index is 1.87. The number of nitrogens with one attached hydrogen (secondary N) is 2. The van der Waals surface area contributed by atoms with Gasteiger partial charge < -0.3 is 4.74 Å². The van der Waals surface area contributed by atoms with Crippen molar-refractivity contribution < 1.29 is 26.9 Å². The maximum atomic E-state index is 13.7. The summed E-state index contributed by atoms with van der Waals surface area (Å²) in [7, 11) is -2.81. The predicted octanol–water partition coefficient (Wildman–Crippen LogP) is 4.13. The number of benzene rings is 3. The SMILES string of the molecule is COc1ccccc1NS(=O)(=O)c1ccc(NN=Cc2ccc(F)cc2F)c([N+](=O)[O-])c1. The van der Waals surface area contributed by atoms with Crippen LogP contribution in [0.15, 0.2) is 70.7 Å². The number of sulfonamides is 1. The second-order valence-corrected chi connectivity index (χ2v) is 7.96. The Kier molecular flexibility index (Phi) is 6.64. The van der Waals surface area contributed by atoms with E-state index in [0.717, 1.165) is 36.5 Å². The number of halogens is 2. The summed E-state index contributed by atoms with van der Waals surface area (Å²) in [6.07, 6.45) is 1.01. The molecular weight excluding hydrogens is 446 g/mol. The van der Waals surface area contributed by atoms with Gasteiger partial charge in [0.15, 0.2) is 0 Å². The summed E-state index contributed by atoms with van der Waals surface area (Å²) in [5.74, 6) is -1.36. The molecule has 0 saturated heterocycles. The molecule has 3 aromatic rings. The molecule has 9 nitrogen and oxygen atoms in total. The fourth-order valence-corrected chi connectivity index (χ4v) is 3.72.